The smallest absolute Gasteiger partial charge is 0.165 e. The summed E-state index contributed by atoms with van der Waals surface area (Å²) in [5, 5.41) is 14.0. The van der Waals surface area contributed by atoms with Crippen LogP contribution in [0.1, 0.15) is 20.3 Å². The number of halogens is 1. The SMILES string of the molecule is CC(C)CCNc1nc(-c2ccccc2O)nc2ccc(F)cc12.CN. The number of phenols is 1. The van der Waals surface area contributed by atoms with Gasteiger partial charge in [0, 0.05) is 11.9 Å². The van der Waals surface area contributed by atoms with Crippen LogP contribution in [0.4, 0.5) is 10.2 Å². The van der Waals surface area contributed by atoms with E-state index < -0.39 is 0 Å². The Kier molecular flexibility index (Phi) is 6.86. The minimum Gasteiger partial charge on any atom is -0.507 e. The maximum atomic E-state index is 13.6. The minimum absolute atomic E-state index is 0.118. The highest BCUT2D eigenvalue weighted by Gasteiger charge is 2.12. The van der Waals surface area contributed by atoms with E-state index in [1.54, 1.807) is 24.3 Å². The fourth-order valence-corrected chi connectivity index (χ4v) is 2.50. The maximum Gasteiger partial charge on any atom is 0.165 e. The van der Waals surface area contributed by atoms with Gasteiger partial charge in [-0.2, -0.15) is 0 Å². The van der Waals surface area contributed by atoms with Gasteiger partial charge in [0.25, 0.3) is 0 Å². The summed E-state index contributed by atoms with van der Waals surface area (Å²) in [6.45, 7) is 5.03. The summed E-state index contributed by atoms with van der Waals surface area (Å²) in [6.07, 6.45) is 0.979. The Bertz CT molecular complexity index is 868. The molecule has 5 nitrogen and oxygen atoms in total. The first-order valence-electron chi connectivity index (χ1n) is 8.62. The Morgan fingerprint density at radius 2 is 1.85 bits per heavy atom. The van der Waals surface area contributed by atoms with Crippen molar-refractivity contribution < 1.29 is 9.50 Å². The molecule has 6 heteroatoms. The van der Waals surface area contributed by atoms with Gasteiger partial charge in [0.05, 0.1) is 11.1 Å². The summed E-state index contributed by atoms with van der Waals surface area (Å²) in [5.41, 5.74) is 5.69. The van der Waals surface area contributed by atoms with E-state index in [2.05, 4.69) is 34.9 Å². The predicted octanol–water partition coefficient (Wildman–Crippen LogP) is 4.17. The lowest BCUT2D eigenvalue weighted by Gasteiger charge is -2.12. The van der Waals surface area contributed by atoms with E-state index in [0.29, 0.717) is 34.0 Å². The van der Waals surface area contributed by atoms with E-state index in [0.717, 1.165) is 13.0 Å². The number of fused-ring (bicyclic) bond motifs is 1. The molecular weight excluding hydrogens is 331 g/mol. The third kappa shape index (κ3) is 4.67. The third-order valence-electron chi connectivity index (χ3n) is 3.82. The standard InChI is InChI=1S/C19H20FN3O.CH5N/c1-12(2)9-10-21-18-15-11-13(20)7-8-16(15)22-19(23-18)14-5-3-4-6-17(14)24;1-2/h3-8,11-12,24H,9-10H2,1-2H3,(H,21,22,23);2H2,1H3. The van der Waals surface area contributed by atoms with Gasteiger partial charge in [-0.05, 0) is 49.7 Å². The van der Waals surface area contributed by atoms with E-state index in [9.17, 15) is 9.50 Å². The molecule has 0 fully saturated rings. The maximum absolute atomic E-state index is 13.6. The molecule has 0 aliphatic carbocycles. The molecule has 26 heavy (non-hydrogen) atoms. The third-order valence-corrected chi connectivity index (χ3v) is 3.82. The lowest BCUT2D eigenvalue weighted by molar-refractivity contribution is 0.477. The van der Waals surface area contributed by atoms with Gasteiger partial charge in [0.2, 0.25) is 0 Å². The monoisotopic (exact) mass is 356 g/mol. The van der Waals surface area contributed by atoms with E-state index >= 15 is 0 Å². The molecule has 1 aromatic heterocycles. The Morgan fingerprint density at radius 1 is 1.12 bits per heavy atom. The first-order valence-corrected chi connectivity index (χ1v) is 8.62. The summed E-state index contributed by atoms with van der Waals surface area (Å²) < 4.78 is 13.6. The molecule has 0 aliphatic heterocycles. The van der Waals surface area contributed by atoms with Gasteiger partial charge < -0.3 is 16.2 Å². The second kappa shape index (κ2) is 9.10. The summed E-state index contributed by atoms with van der Waals surface area (Å²) in [6, 6.07) is 11.4. The average Bonchev–Trinajstić information content (AvgIpc) is 2.63. The quantitative estimate of drug-likeness (QED) is 0.639. The highest BCUT2D eigenvalue weighted by Crippen LogP contribution is 2.30. The molecule has 0 saturated carbocycles. The largest absolute Gasteiger partial charge is 0.507 e. The molecular formula is C20H25FN4O. The van der Waals surface area contributed by atoms with Crippen molar-refractivity contribution in [1.29, 1.82) is 0 Å². The van der Waals surface area contributed by atoms with Crippen molar-refractivity contribution in [2.45, 2.75) is 20.3 Å². The van der Waals surface area contributed by atoms with Gasteiger partial charge in [-0.15, -0.1) is 0 Å². The zero-order valence-corrected chi connectivity index (χ0v) is 15.3. The molecule has 0 spiro atoms. The van der Waals surface area contributed by atoms with Gasteiger partial charge in [0.1, 0.15) is 17.4 Å². The summed E-state index contributed by atoms with van der Waals surface area (Å²) >= 11 is 0. The van der Waals surface area contributed by atoms with Gasteiger partial charge in [-0.3, -0.25) is 0 Å². The first-order chi connectivity index (χ1) is 12.5. The number of nitrogens with zero attached hydrogens (tertiary/aromatic N) is 2. The molecule has 3 aromatic rings. The molecule has 4 N–H and O–H groups in total. The van der Waals surface area contributed by atoms with Crippen molar-refractivity contribution >= 4 is 16.7 Å². The molecule has 138 valence electrons. The number of benzene rings is 2. The zero-order valence-electron chi connectivity index (χ0n) is 15.3. The second-order valence-electron chi connectivity index (χ2n) is 6.18. The zero-order chi connectivity index (χ0) is 19.1. The Labute approximate surface area is 153 Å². The van der Waals surface area contributed by atoms with E-state index in [1.165, 1.54) is 19.2 Å². The van der Waals surface area contributed by atoms with Gasteiger partial charge in [-0.25, -0.2) is 14.4 Å². The highest BCUT2D eigenvalue weighted by atomic mass is 19.1. The molecule has 0 amide bonds. The number of rotatable bonds is 5. The molecule has 0 radical (unpaired) electrons. The van der Waals surface area contributed by atoms with Crippen LogP contribution in [0.3, 0.4) is 0 Å². The van der Waals surface area contributed by atoms with Crippen LogP contribution in [-0.2, 0) is 0 Å². The first kappa shape index (κ1) is 19.6. The van der Waals surface area contributed by atoms with Crippen LogP contribution >= 0.6 is 0 Å². The normalized spacial score (nSPS) is 10.5. The number of hydrogen-bond donors (Lipinski definition) is 3. The molecule has 3 rings (SSSR count). The number of aromatic hydroxyl groups is 1. The number of hydrogen-bond acceptors (Lipinski definition) is 5. The molecule has 1 heterocycles. The highest BCUT2D eigenvalue weighted by molar-refractivity contribution is 5.91. The van der Waals surface area contributed by atoms with Crippen LogP contribution in [0.15, 0.2) is 42.5 Å². The topological polar surface area (TPSA) is 84.1 Å². The number of phenolic OH excluding ortho intramolecular Hbond substituents is 1. The lowest BCUT2D eigenvalue weighted by Crippen LogP contribution is -2.08. The molecule has 2 aromatic carbocycles. The summed E-state index contributed by atoms with van der Waals surface area (Å²) in [4.78, 5) is 8.99. The van der Waals surface area contributed by atoms with Crippen molar-refractivity contribution in [3.05, 3.63) is 48.3 Å². The van der Waals surface area contributed by atoms with Crippen molar-refractivity contribution in [1.82, 2.24) is 9.97 Å². The Balaban J connectivity index is 0.00000117. The molecule has 0 bridgehead atoms. The van der Waals surface area contributed by atoms with Crippen molar-refractivity contribution in [2.24, 2.45) is 11.7 Å². The van der Waals surface area contributed by atoms with Crippen molar-refractivity contribution in [2.75, 3.05) is 18.9 Å². The van der Waals surface area contributed by atoms with Crippen molar-refractivity contribution in [3.8, 4) is 17.1 Å². The van der Waals surface area contributed by atoms with Crippen LogP contribution in [0, 0.1) is 11.7 Å². The lowest BCUT2D eigenvalue weighted by atomic mass is 10.1. The molecule has 0 saturated heterocycles. The molecule has 0 aliphatic rings. The fourth-order valence-electron chi connectivity index (χ4n) is 2.50. The summed E-state index contributed by atoms with van der Waals surface area (Å²) in [5.74, 6) is 1.35. The number of aromatic nitrogens is 2. The second-order valence-corrected chi connectivity index (χ2v) is 6.18. The molecule has 0 atom stereocenters. The Hall–Kier alpha value is -2.73. The number of para-hydroxylation sites is 1. The van der Waals surface area contributed by atoms with E-state index in [-0.39, 0.29) is 11.6 Å². The van der Waals surface area contributed by atoms with Crippen LogP contribution in [0.25, 0.3) is 22.3 Å². The predicted molar refractivity (Wildman–Crippen MR) is 105 cm³/mol. The minimum atomic E-state index is -0.326. The van der Waals surface area contributed by atoms with Crippen molar-refractivity contribution in [3.63, 3.8) is 0 Å². The van der Waals surface area contributed by atoms with Gasteiger partial charge in [0.15, 0.2) is 5.82 Å². The average molecular weight is 356 g/mol. The summed E-state index contributed by atoms with van der Waals surface area (Å²) in [7, 11) is 1.50. The van der Waals surface area contributed by atoms with E-state index in [1.807, 2.05) is 6.07 Å². The van der Waals surface area contributed by atoms with E-state index in [4.69, 9.17) is 0 Å². The van der Waals surface area contributed by atoms with Gasteiger partial charge >= 0.3 is 0 Å². The van der Waals surface area contributed by atoms with Crippen LogP contribution in [0.2, 0.25) is 0 Å². The van der Waals surface area contributed by atoms with Crippen LogP contribution < -0.4 is 11.1 Å². The Morgan fingerprint density at radius 3 is 2.54 bits per heavy atom. The molecule has 0 unspecified atom stereocenters. The number of nitrogens with one attached hydrogen (secondary N) is 1. The fraction of sp³-hybridized carbons (Fsp3) is 0.300. The number of anilines is 1. The van der Waals surface area contributed by atoms with Crippen LogP contribution in [0.5, 0.6) is 5.75 Å². The van der Waals surface area contributed by atoms with Gasteiger partial charge in [-0.1, -0.05) is 26.0 Å². The number of nitrogens with two attached hydrogens (primary N) is 1. The van der Waals surface area contributed by atoms with Crippen LogP contribution in [-0.4, -0.2) is 28.7 Å².